The van der Waals surface area contributed by atoms with Crippen LogP contribution in [0, 0.1) is 0 Å². The third-order valence-corrected chi connectivity index (χ3v) is 2.73. The van der Waals surface area contributed by atoms with Gasteiger partial charge in [0.15, 0.2) is 0 Å². The van der Waals surface area contributed by atoms with E-state index in [1.165, 1.54) is 5.56 Å². The number of nitrogens with one attached hydrogen (secondary N) is 1. The molecule has 1 aliphatic rings. The standard InChI is InChI=1S/C9H11NO/c1-5-6(2)8-7(5)3-4-10-9(8)11/h3-6H,1-2H3,(H,10,11). The van der Waals surface area contributed by atoms with Crippen LogP contribution in [-0.2, 0) is 0 Å². The minimum Gasteiger partial charge on any atom is -0.329 e. The number of fused-ring (bicyclic) bond motifs is 1. The molecule has 1 aromatic heterocycles. The number of hydrogen-bond donors (Lipinski definition) is 1. The molecule has 0 bridgehead atoms. The molecular weight excluding hydrogens is 138 g/mol. The summed E-state index contributed by atoms with van der Waals surface area (Å²) in [7, 11) is 0. The van der Waals surface area contributed by atoms with E-state index in [1.807, 2.05) is 6.07 Å². The lowest BCUT2D eigenvalue weighted by molar-refractivity contribution is 0.532. The Kier molecular flexibility index (Phi) is 1.19. The molecule has 2 heteroatoms. The number of aromatic nitrogens is 1. The maximum Gasteiger partial charge on any atom is 0.251 e. The predicted molar refractivity (Wildman–Crippen MR) is 43.9 cm³/mol. The van der Waals surface area contributed by atoms with E-state index >= 15 is 0 Å². The van der Waals surface area contributed by atoms with Gasteiger partial charge in [0, 0.05) is 11.8 Å². The Morgan fingerprint density at radius 2 is 2.09 bits per heavy atom. The van der Waals surface area contributed by atoms with Gasteiger partial charge < -0.3 is 4.98 Å². The molecule has 0 radical (unpaired) electrons. The molecule has 0 saturated carbocycles. The van der Waals surface area contributed by atoms with Gasteiger partial charge >= 0.3 is 0 Å². The molecule has 2 nitrogen and oxygen atoms in total. The van der Waals surface area contributed by atoms with E-state index in [1.54, 1.807) is 6.20 Å². The molecule has 0 spiro atoms. The summed E-state index contributed by atoms with van der Waals surface area (Å²) in [4.78, 5) is 13.9. The van der Waals surface area contributed by atoms with Crippen molar-refractivity contribution in [2.45, 2.75) is 25.7 Å². The topological polar surface area (TPSA) is 32.9 Å². The van der Waals surface area contributed by atoms with Crippen molar-refractivity contribution in [3.05, 3.63) is 33.7 Å². The Morgan fingerprint density at radius 3 is 2.73 bits per heavy atom. The molecule has 0 aliphatic heterocycles. The molecule has 1 N–H and O–H groups in total. The zero-order valence-corrected chi connectivity index (χ0v) is 6.72. The van der Waals surface area contributed by atoms with Gasteiger partial charge in [0.05, 0.1) is 0 Å². The van der Waals surface area contributed by atoms with Crippen molar-refractivity contribution in [1.82, 2.24) is 4.98 Å². The summed E-state index contributed by atoms with van der Waals surface area (Å²) >= 11 is 0. The highest BCUT2D eigenvalue weighted by Gasteiger charge is 2.32. The van der Waals surface area contributed by atoms with Crippen molar-refractivity contribution < 1.29 is 0 Å². The average Bonchev–Trinajstić information content (AvgIpc) is 2.03. The van der Waals surface area contributed by atoms with E-state index in [4.69, 9.17) is 0 Å². The second-order valence-corrected chi connectivity index (χ2v) is 3.25. The molecule has 1 aliphatic carbocycles. The van der Waals surface area contributed by atoms with Gasteiger partial charge in [0.25, 0.3) is 5.56 Å². The Bertz CT molecular complexity index is 340. The summed E-state index contributed by atoms with van der Waals surface area (Å²) < 4.78 is 0. The van der Waals surface area contributed by atoms with Crippen LogP contribution in [0.2, 0.25) is 0 Å². The Morgan fingerprint density at radius 1 is 1.36 bits per heavy atom. The highest BCUT2D eigenvalue weighted by atomic mass is 16.1. The third-order valence-electron chi connectivity index (χ3n) is 2.73. The molecule has 1 aromatic rings. The van der Waals surface area contributed by atoms with Crippen LogP contribution in [-0.4, -0.2) is 4.98 Å². The maximum absolute atomic E-state index is 11.2. The fourth-order valence-electron chi connectivity index (χ4n) is 1.80. The minimum absolute atomic E-state index is 0.0908. The van der Waals surface area contributed by atoms with Crippen LogP contribution in [0.4, 0.5) is 0 Å². The first-order valence-electron chi connectivity index (χ1n) is 3.93. The normalized spacial score (nSPS) is 27.5. The molecule has 0 fully saturated rings. The summed E-state index contributed by atoms with van der Waals surface area (Å²) in [5, 5.41) is 0. The Hall–Kier alpha value is -1.05. The van der Waals surface area contributed by atoms with Crippen molar-refractivity contribution in [3.63, 3.8) is 0 Å². The van der Waals surface area contributed by atoms with Crippen LogP contribution in [0.1, 0.15) is 36.8 Å². The number of rotatable bonds is 0. The van der Waals surface area contributed by atoms with Crippen LogP contribution in [0.15, 0.2) is 17.1 Å². The summed E-state index contributed by atoms with van der Waals surface area (Å²) in [6.45, 7) is 4.26. The number of pyridine rings is 1. The van der Waals surface area contributed by atoms with Gasteiger partial charge in [-0.2, -0.15) is 0 Å². The zero-order valence-electron chi connectivity index (χ0n) is 6.72. The highest BCUT2D eigenvalue weighted by Crippen LogP contribution is 2.42. The summed E-state index contributed by atoms with van der Waals surface area (Å²) in [6.07, 6.45) is 1.73. The van der Waals surface area contributed by atoms with Crippen LogP contribution >= 0.6 is 0 Å². The summed E-state index contributed by atoms with van der Waals surface area (Å²) in [5.41, 5.74) is 2.30. The molecule has 11 heavy (non-hydrogen) atoms. The van der Waals surface area contributed by atoms with E-state index in [0.29, 0.717) is 11.8 Å². The number of hydrogen-bond acceptors (Lipinski definition) is 1. The van der Waals surface area contributed by atoms with Crippen molar-refractivity contribution >= 4 is 0 Å². The van der Waals surface area contributed by atoms with Gasteiger partial charge in [0.2, 0.25) is 0 Å². The van der Waals surface area contributed by atoms with Gasteiger partial charge in [-0.3, -0.25) is 4.79 Å². The molecule has 1 heterocycles. The van der Waals surface area contributed by atoms with E-state index < -0.39 is 0 Å². The molecule has 2 rings (SSSR count). The first-order chi connectivity index (χ1) is 5.22. The third kappa shape index (κ3) is 0.694. The molecule has 0 amide bonds. The monoisotopic (exact) mass is 149 g/mol. The summed E-state index contributed by atoms with van der Waals surface area (Å²) in [6, 6.07) is 2.00. The minimum atomic E-state index is 0.0908. The Balaban J connectivity index is 2.66. The van der Waals surface area contributed by atoms with E-state index in [9.17, 15) is 4.79 Å². The van der Waals surface area contributed by atoms with Crippen molar-refractivity contribution in [2.24, 2.45) is 0 Å². The quantitative estimate of drug-likeness (QED) is 0.597. The predicted octanol–water partition coefficient (Wildman–Crippen LogP) is 1.60. The van der Waals surface area contributed by atoms with Crippen molar-refractivity contribution in [2.75, 3.05) is 0 Å². The molecule has 58 valence electrons. The van der Waals surface area contributed by atoms with E-state index in [-0.39, 0.29) is 5.56 Å². The second-order valence-electron chi connectivity index (χ2n) is 3.25. The molecular formula is C9H11NO. The lowest BCUT2D eigenvalue weighted by Crippen LogP contribution is -2.29. The zero-order chi connectivity index (χ0) is 8.01. The van der Waals surface area contributed by atoms with Crippen molar-refractivity contribution in [3.8, 4) is 0 Å². The van der Waals surface area contributed by atoms with Gasteiger partial charge in [-0.05, 0) is 23.5 Å². The molecule has 2 unspecified atom stereocenters. The fraction of sp³-hybridized carbons (Fsp3) is 0.444. The molecule has 2 atom stereocenters. The lowest BCUT2D eigenvalue weighted by Gasteiger charge is -2.33. The highest BCUT2D eigenvalue weighted by molar-refractivity contribution is 5.41. The van der Waals surface area contributed by atoms with Crippen LogP contribution in [0.25, 0.3) is 0 Å². The van der Waals surface area contributed by atoms with Gasteiger partial charge in [0.1, 0.15) is 0 Å². The summed E-state index contributed by atoms with van der Waals surface area (Å²) in [5.74, 6) is 1.00. The fourth-order valence-corrected chi connectivity index (χ4v) is 1.80. The first kappa shape index (κ1) is 6.65. The first-order valence-corrected chi connectivity index (χ1v) is 3.93. The van der Waals surface area contributed by atoms with E-state index in [0.717, 1.165) is 5.56 Å². The maximum atomic E-state index is 11.2. The van der Waals surface area contributed by atoms with Crippen LogP contribution in [0.5, 0.6) is 0 Å². The van der Waals surface area contributed by atoms with Crippen LogP contribution in [0.3, 0.4) is 0 Å². The molecule has 0 aromatic carbocycles. The van der Waals surface area contributed by atoms with Crippen molar-refractivity contribution in [1.29, 1.82) is 0 Å². The van der Waals surface area contributed by atoms with Gasteiger partial charge in [-0.15, -0.1) is 0 Å². The van der Waals surface area contributed by atoms with Gasteiger partial charge in [-0.1, -0.05) is 13.8 Å². The second kappa shape index (κ2) is 1.97. The largest absolute Gasteiger partial charge is 0.329 e. The van der Waals surface area contributed by atoms with Gasteiger partial charge in [-0.25, -0.2) is 0 Å². The smallest absolute Gasteiger partial charge is 0.251 e. The lowest BCUT2D eigenvalue weighted by atomic mass is 9.71. The SMILES string of the molecule is CC1c2cc[nH]c(=O)c2C1C. The van der Waals surface area contributed by atoms with E-state index in [2.05, 4.69) is 18.8 Å². The van der Waals surface area contributed by atoms with Crippen LogP contribution < -0.4 is 5.56 Å². The molecule has 0 saturated heterocycles. The Labute approximate surface area is 65.3 Å². The number of aromatic amines is 1. The number of H-pyrrole nitrogens is 1. The average molecular weight is 149 g/mol.